The van der Waals surface area contributed by atoms with Gasteiger partial charge in [-0.25, -0.2) is 4.39 Å². The summed E-state index contributed by atoms with van der Waals surface area (Å²) in [5.74, 6) is -0.717. The predicted octanol–water partition coefficient (Wildman–Crippen LogP) is 1.91. The van der Waals surface area contributed by atoms with Gasteiger partial charge in [0.15, 0.2) is 0 Å². The van der Waals surface area contributed by atoms with Crippen molar-refractivity contribution in [1.29, 1.82) is 0 Å². The molecule has 1 aliphatic rings. The Morgan fingerprint density at radius 1 is 1.30 bits per heavy atom. The van der Waals surface area contributed by atoms with Crippen LogP contribution in [-0.2, 0) is 4.79 Å². The molecular formula is C15H19FN2O2. The van der Waals surface area contributed by atoms with Crippen LogP contribution >= 0.6 is 0 Å². The summed E-state index contributed by atoms with van der Waals surface area (Å²) in [7, 11) is 0. The zero-order valence-electron chi connectivity index (χ0n) is 11.8. The Hall–Kier alpha value is -1.91. The van der Waals surface area contributed by atoms with E-state index in [1.54, 1.807) is 21.9 Å². The van der Waals surface area contributed by atoms with Crippen molar-refractivity contribution in [2.45, 2.75) is 26.3 Å². The summed E-state index contributed by atoms with van der Waals surface area (Å²) in [5, 5.41) is 0. The van der Waals surface area contributed by atoms with E-state index in [1.807, 2.05) is 13.8 Å². The summed E-state index contributed by atoms with van der Waals surface area (Å²) in [5.41, 5.74) is 0.0922. The van der Waals surface area contributed by atoms with Crippen LogP contribution in [0.5, 0.6) is 0 Å². The number of amides is 2. The van der Waals surface area contributed by atoms with E-state index < -0.39 is 5.82 Å². The fourth-order valence-corrected chi connectivity index (χ4v) is 2.50. The van der Waals surface area contributed by atoms with E-state index in [0.717, 1.165) is 0 Å². The third-order valence-corrected chi connectivity index (χ3v) is 3.65. The molecule has 1 aromatic rings. The molecule has 2 amide bonds. The summed E-state index contributed by atoms with van der Waals surface area (Å²) in [6.45, 7) is 5.17. The first-order valence-electron chi connectivity index (χ1n) is 6.87. The Kier molecular flexibility index (Phi) is 4.37. The molecule has 108 valence electrons. The predicted molar refractivity (Wildman–Crippen MR) is 73.8 cm³/mol. The molecule has 0 aliphatic carbocycles. The number of hydrogen-bond acceptors (Lipinski definition) is 2. The molecule has 1 aromatic carbocycles. The Labute approximate surface area is 118 Å². The molecule has 0 aromatic heterocycles. The quantitative estimate of drug-likeness (QED) is 0.829. The van der Waals surface area contributed by atoms with Crippen LogP contribution in [0.1, 0.15) is 30.6 Å². The van der Waals surface area contributed by atoms with Gasteiger partial charge in [-0.15, -0.1) is 0 Å². The first kappa shape index (κ1) is 14.5. The lowest BCUT2D eigenvalue weighted by atomic mass is 10.1. The van der Waals surface area contributed by atoms with Crippen molar-refractivity contribution in [3.8, 4) is 0 Å². The molecular weight excluding hydrogens is 259 g/mol. The minimum atomic E-state index is -0.503. The van der Waals surface area contributed by atoms with Crippen LogP contribution in [0.2, 0.25) is 0 Å². The highest BCUT2D eigenvalue weighted by molar-refractivity contribution is 5.94. The number of rotatable bonds is 2. The van der Waals surface area contributed by atoms with Gasteiger partial charge < -0.3 is 9.80 Å². The number of nitrogens with zero attached hydrogens (tertiary/aromatic N) is 2. The highest BCUT2D eigenvalue weighted by Gasteiger charge is 2.30. The lowest BCUT2D eigenvalue weighted by Crippen LogP contribution is -2.55. The lowest BCUT2D eigenvalue weighted by Gasteiger charge is -2.40. The zero-order chi connectivity index (χ0) is 14.7. The Morgan fingerprint density at radius 3 is 2.60 bits per heavy atom. The van der Waals surface area contributed by atoms with Crippen LogP contribution in [0.4, 0.5) is 4.39 Å². The van der Waals surface area contributed by atoms with Crippen molar-refractivity contribution in [2.24, 2.45) is 0 Å². The van der Waals surface area contributed by atoms with Gasteiger partial charge >= 0.3 is 0 Å². The van der Waals surface area contributed by atoms with Gasteiger partial charge in [-0.05, 0) is 19.1 Å². The van der Waals surface area contributed by atoms with E-state index >= 15 is 0 Å². The van der Waals surface area contributed by atoms with Crippen molar-refractivity contribution in [2.75, 3.05) is 19.6 Å². The van der Waals surface area contributed by atoms with E-state index in [-0.39, 0.29) is 23.4 Å². The van der Waals surface area contributed by atoms with E-state index in [1.165, 1.54) is 12.1 Å². The van der Waals surface area contributed by atoms with Crippen molar-refractivity contribution in [3.63, 3.8) is 0 Å². The molecule has 2 rings (SSSR count). The van der Waals surface area contributed by atoms with Crippen molar-refractivity contribution >= 4 is 11.8 Å². The van der Waals surface area contributed by atoms with Gasteiger partial charge in [0, 0.05) is 32.1 Å². The van der Waals surface area contributed by atoms with Gasteiger partial charge in [-0.1, -0.05) is 19.1 Å². The Morgan fingerprint density at radius 2 is 2.00 bits per heavy atom. The van der Waals surface area contributed by atoms with Gasteiger partial charge in [0.05, 0.1) is 5.56 Å². The Bertz CT molecular complexity index is 518. The number of halogens is 1. The topological polar surface area (TPSA) is 40.6 Å². The van der Waals surface area contributed by atoms with Crippen LogP contribution < -0.4 is 0 Å². The third kappa shape index (κ3) is 2.81. The third-order valence-electron chi connectivity index (χ3n) is 3.65. The zero-order valence-corrected chi connectivity index (χ0v) is 11.8. The van der Waals surface area contributed by atoms with Gasteiger partial charge in [-0.3, -0.25) is 9.59 Å². The number of carbonyl (C=O) groups excluding carboxylic acids is 2. The maximum Gasteiger partial charge on any atom is 0.257 e. The first-order chi connectivity index (χ1) is 9.54. The van der Waals surface area contributed by atoms with Gasteiger partial charge in [-0.2, -0.15) is 0 Å². The standard InChI is InChI=1S/C15H19FN2O2/c1-3-14(19)17-8-9-18(11(2)10-17)15(20)12-6-4-5-7-13(12)16/h4-7,11H,3,8-10H2,1-2H3. The summed E-state index contributed by atoms with van der Waals surface area (Å²) in [6.07, 6.45) is 0.466. The summed E-state index contributed by atoms with van der Waals surface area (Å²) in [4.78, 5) is 27.4. The van der Waals surface area contributed by atoms with E-state index in [9.17, 15) is 14.0 Å². The highest BCUT2D eigenvalue weighted by atomic mass is 19.1. The van der Waals surface area contributed by atoms with Crippen molar-refractivity contribution < 1.29 is 14.0 Å². The largest absolute Gasteiger partial charge is 0.339 e. The molecule has 1 aliphatic heterocycles. The molecule has 0 spiro atoms. The van der Waals surface area contributed by atoms with E-state index in [0.29, 0.717) is 26.1 Å². The van der Waals surface area contributed by atoms with Crippen molar-refractivity contribution in [1.82, 2.24) is 9.80 Å². The van der Waals surface area contributed by atoms with Gasteiger partial charge in [0.25, 0.3) is 5.91 Å². The molecule has 1 saturated heterocycles. The number of hydrogen-bond donors (Lipinski definition) is 0. The van der Waals surface area contributed by atoms with Crippen LogP contribution in [0, 0.1) is 5.82 Å². The monoisotopic (exact) mass is 278 g/mol. The number of carbonyl (C=O) groups is 2. The normalized spacial score (nSPS) is 19.1. The molecule has 0 bridgehead atoms. The SMILES string of the molecule is CCC(=O)N1CCN(C(=O)c2ccccc2F)C(C)C1. The Balaban J connectivity index is 2.10. The lowest BCUT2D eigenvalue weighted by molar-refractivity contribution is -0.133. The summed E-state index contributed by atoms with van der Waals surface area (Å²) >= 11 is 0. The minimum Gasteiger partial charge on any atom is -0.339 e. The van der Waals surface area contributed by atoms with Gasteiger partial charge in [0.1, 0.15) is 5.82 Å². The molecule has 1 unspecified atom stereocenters. The molecule has 5 heteroatoms. The average molecular weight is 278 g/mol. The van der Waals surface area contributed by atoms with E-state index in [4.69, 9.17) is 0 Å². The number of benzene rings is 1. The molecule has 1 fully saturated rings. The van der Waals surface area contributed by atoms with Crippen molar-refractivity contribution in [3.05, 3.63) is 35.6 Å². The highest BCUT2D eigenvalue weighted by Crippen LogP contribution is 2.16. The second-order valence-corrected chi connectivity index (χ2v) is 5.02. The minimum absolute atomic E-state index is 0.0922. The van der Waals surface area contributed by atoms with Crippen LogP contribution in [-0.4, -0.2) is 47.3 Å². The fourth-order valence-electron chi connectivity index (χ4n) is 2.50. The first-order valence-corrected chi connectivity index (χ1v) is 6.87. The van der Waals surface area contributed by atoms with Crippen LogP contribution in [0.25, 0.3) is 0 Å². The van der Waals surface area contributed by atoms with E-state index in [2.05, 4.69) is 0 Å². The average Bonchev–Trinajstić information content (AvgIpc) is 2.46. The molecule has 4 nitrogen and oxygen atoms in total. The van der Waals surface area contributed by atoms with Gasteiger partial charge in [0.2, 0.25) is 5.91 Å². The summed E-state index contributed by atoms with van der Waals surface area (Å²) < 4.78 is 13.7. The molecule has 0 radical (unpaired) electrons. The fraction of sp³-hybridized carbons (Fsp3) is 0.467. The maximum atomic E-state index is 13.7. The molecule has 0 saturated carbocycles. The number of piperazine rings is 1. The van der Waals surface area contributed by atoms with Crippen LogP contribution in [0.15, 0.2) is 24.3 Å². The molecule has 1 heterocycles. The molecule has 0 N–H and O–H groups in total. The maximum absolute atomic E-state index is 13.7. The second-order valence-electron chi connectivity index (χ2n) is 5.02. The smallest absolute Gasteiger partial charge is 0.257 e. The molecule has 20 heavy (non-hydrogen) atoms. The molecule has 1 atom stereocenters. The summed E-state index contributed by atoms with van der Waals surface area (Å²) in [6, 6.07) is 5.89. The second kappa shape index (κ2) is 6.03. The van der Waals surface area contributed by atoms with Crippen LogP contribution in [0.3, 0.4) is 0 Å².